The zero-order valence-corrected chi connectivity index (χ0v) is 10.3. The van der Waals surface area contributed by atoms with Crippen LogP contribution in [-0.2, 0) is 0 Å². The van der Waals surface area contributed by atoms with Crippen LogP contribution in [0.5, 0.6) is 0 Å². The number of nitrogens with zero attached hydrogens (tertiary/aromatic N) is 3. The van der Waals surface area contributed by atoms with Crippen LogP contribution in [0.4, 0.5) is 5.95 Å². The van der Waals surface area contributed by atoms with E-state index in [-0.39, 0.29) is 5.56 Å². The predicted octanol–water partition coefficient (Wildman–Crippen LogP) is 1.42. The Hall–Kier alpha value is -1.85. The highest BCUT2D eigenvalue weighted by molar-refractivity contribution is 5.73. The van der Waals surface area contributed by atoms with Gasteiger partial charge in [0.1, 0.15) is 5.39 Å². The van der Waals surface area contributed by atoms with Gasteiger partial charge in [-0.1, -0.05) is 19.3 Å². The lowest BCUT2D eigenvalue weighted by molar-refractivity contribution is 0.550. The number of anilines is 1. The van der Waals surface area contributed by atoms with E-state index >= 15 is 0 Å². The second-order valence-corrected chi connectivity index (χ2v) is 4.78. The van der Waals surface area contributed by atoms with Crippen molar-refractivity contribution in [3.05, 3.63) is 16.6 Å². The molecule has 18 heavy (non-hydrogen) atoms. The first-order chi connectivity index (χ1) is 8.84. The molecule has 1 aliphatic rings. The summed E-state index contributed by atoms with van der Waals surface area (Å²) in [5, 5.41) is 7.14. The van der Waals surface area contributed by atoms with Gasteiger partial charge in [-0.3, -0.25) is 14.9 Å². The monoisotopic (exact) mass is 247 g/mol. The van der Waals surface area contributed by atoms with Crippen LogP contribution in [-0.4, -0.2) is 33.3 Å². The standard InChI is InChI=1S/C12H17N5O/c18-11-9-8-13-16-10(9)14-12(15-11)17-6-4-2-1-3-5-7-17/h8H,1-7H2,(H2,13,14,15,16,18). The zero-order valence-electron chi connectivity index (χ0n) is 10.3. The van der Waals surface area contributed by atoms with Gasteiger partial charge in [0.25, 0.3) is 5.56 Å². The van der Waals surface area contributed by atoms with Gasteiger partial charge in [0.05, 0.1) is 6.20 Å². The average molecular weight is 247 g/mol. The molecule has 0 radical (unpaired) electrons. The Kier molecular flexibility index (Phi) is 3.00. The SMILES string of the molecule is O=c1[nH]c(N2CCCCCCC2)nc2[nH]ncc12. The summed E-state index contributed by atoms with van der Waals surface area (Å²) < 4.78 is 0. The van der Waals surface area contributed by atoms with Crippen LogP contribution >= 0.6 is 0 Å². The number of H-pyrrole nitrogens is 2. The Morgan fingerprint density at radius 3 is 2.61 bits per heavy atom. The first-order valence-corrected chi connectivity index (χ1v) is 6.53. The Labute approximate surface area is 104 Å². The lowest BCUT2D eigenvalue weighted by Crippen LogP contribution is -2.30. The van der Waals surface area contributed by atoms with Gasteiger partial charge in [0.2, 0.25) is 5.95 Å². The minimum atomic E-state index is -0.120. The Bertz CT molecular complexity index is 579. The van der Waals surface area contributed by atoms with Crippen molar-refractivity contribution >= 4 is 17.0 Å². The third-order valence-electron chi connectivity index (χ3n) is 3.46. The van der Waals surface area contributed by atoms with E-state index in [0.29, 0.717) is 17.0 Å². The van der Waals surface area contributed by atoms with Gasteiger partial charge in [-0.2, -0.15) is 10.1 Å². The van der Waals surface area contributed by atoms with E-state index in [1.54, 1.807) is 0 Å². The Balaban J connectivity index is 1.94. The minimum Gasteiger partial charge on any atom is -0.342 e. The second kappa shape index (κ2) is 4.80. The van der Waals surface area contributed by atoms with E-state index in [1.807, 2.05) is 0 Å². The number of aromatic amines is 2. The molecule has 0 unspecified atom stereocenters. The fourth-order valence-corrected chi connectivity index (χ4v) is 2.44. The fourth-order valence-electron chi connectivity index (χ4n) is 2.44. The topological polar surface area (TPSA) is 77.7 Å². The molecule has 6 nitrogen and oxygen atoms in total. The maximum atomic E-state index is 11.9. The summed E-state index contributed by atoms with van der Waals surface area (Å²) in [6.45, 7) is 1.92. The number of fused-ring (bicyclic) bond motifs is 1. The molecule has 0 spiro atoms. The van der Waals surface area contributed by atoms with Crippen LogP contribution in [0.1, 0.15) is 32.1 Å². The molecule has 0 aromatic carbocycles. The third-order valence-corrected chi connectivity index (χ3v) is 3.46. The molecule has 0 amide bonds. The molecule has 96 valence electrons. The van der Waals surface area contributed by atoms with Crippen LogP contribution in [0.3, 0.4) is 0 Å². The molecule has 3 rings (SSSR count). The van der Waals surface area contributed by atoms with Gasteiger partial charge in [-0.05, 0) is 12.8 Å². The molecule has 1 saturated heterocycles. The van der Waals surface area contributed by atoms with Gasteiger partial charge in [-0.15, -0.1) is 0 Å². The molecule has 0 atom stereocenters. The van der Waals surface area contributed by atoms with Crippen molar-refractivity contribution in [2.45, 2.75) is 32.1 Å². The number of nitrogens with one attached hydrogen (secondary N) is 2. The van der Waals surface area contributed by atoms with Gasteiger partial charge < -0.3 is 4.90 Å². The summed E-state index contributed by atoms with van der Waals surface area (Å²) in [5.41, 5.74) is 0.446. The molecule has 0 saturated carbocycles. The molecule has 2 aromatic heterocycles. The number of rotatable bonds is 1. The highest BCUT2D eigenvalue weighted by atomic mass is 16.1. The molecule has 3 heterocycles. The molecular formula is C12H17N5O. The number of hydrogen-bond donors (Lipinski definition) is 2. The Morgan fingerprint density at radius 1 is 1.11 bits per heavy atom. The van der Waals surface area contributed by atoms with Crippen molar-refractivity contribution in [3.8, 4) is 0 Å². The molecule has 2 N–H and O–H groups in total. The van der Waals surface area contributed by atoms with E-state index in [0.717, 1.165) is 25.9 Å². The summed E-state index contributed by atoms with van der Waals surface area (Å²) in [7, 11) is 0. The van der Waals surface area contributed by atoms with E-state index in [1.165, 1.54) is 25.5 Å². The summed E-state index contributed by atoms with van der Waals surface area (Å²) in [6.07, 6.45) is 7.66. The molecule has 0 aliphatic carbocycles. The van der Waals surface area contributed by atoms with Crippen LogP contribution in [0.25, 0.3) is 11.0 Å². The maximum Gasteiger partial charge on any atom is 0.263 e. The van der Waals surface area contributed by atoms with Crippen molar-refractivity contribution in [2.24, 2.45) is 0 Å². The first kappa shape index (κ1) is 11.3. The normalized spacial score (nSPS) is 17.7. The summed E-state index contributed by atoms with van der Waals surface area (Å²) >= 11 is 0. The summed E-state index contributed by atoms with van der Waals surface area (Å²) in [6, 6.07) is 0. The molecule has 6 heteroatoms. The smallest absolute Gasteiger partial charge is 0.263 e. The van der Waals surface area contributed by atoms with E-state index in [2.05, 4.69) is 25.1 Å². The number of aromatic nitrogens is 4. The van der Waals surface area contributed by atoms with Crippen molar-refractivity contribution < 1.29 is 0 Å². The minimum absolute atomic E-state index is 0.120. The van der Waals surface area contributed by atoms with Gasteiger partial charge in [0, 0.05) is 13.1 Å². The summed E-state index contributed by atoms with van der Waals surface area (Å²) in [5.74, 6) is 0.665. The molecule has 1 fully saturated rings. The van der Waals surface area contributed by atoms with Crippen LogP contribution < -0.4 is 10.5 Å². The maximum absolute atomic E-state index is 11.9. The average Bonchev–Trinajstić information content (AvgIpc) is 2.77. The second-order valence-electron chi connectivity index (χ2n) is 4.78. The third kappa shape index (κ3) is 2.10. The van der Waals surface area contributed by atoms with E-state index in [4.69, 9.17) is 0 Å². The first-order valence-electron chi connectivity index (χ1n) is 6.53. The lowest BCUT2D eigenvalue weighted by atomic mass is 10.1. The highest BCUT2D eigenvalue weighted by Crippen LogP contribution is 2.15. The zero-order chi connectivity index (χ0) is 12.4. The fraction of sp³-hybridized carbons (Fsp3) is 0.583. The van der Waals surface area contributed by atoms with E-state index < -0.39 is 0 Å². The van der Waals surface area contributed by atoms with Gasteiger partial charge in [0.15, 0.2) is 5.65 Å². The largest absolute Gasteiger partial charge is 0.342 e. The highest BCUT2D eigenvalue weighted by Gasteiger charge is 2.13. The van der Waals surface area contributed by atoms with Gasteiger partial charge >= 0.3 is 0 Å². The quantitative estimate of drug-likeness (QED) is 0.798. The number of hydrogen-bond acceptors (Lipinski definition) is 4. The molecular weight excluding hydrogens is 230 g/mol. The molecule has 0 bridgehead atoms. The molecule has 2 aromatic rings. The van der Waals surface area contributed by atoms with Gasteiger partial charge in [-0.25, -0.2) is 0 Å². The van der Waals surface area contributed by atoms with Crippen LogP contribution in [0.2, 0.25) is 0 Å². The predicted molar refractivity (Wildman–Crippen MR) is 69.8 cm³/mol. The van der Waals surface area contributed by atoms with E-state index in [9.17, 15) is 4.79 Å². The van der Waals surface area contributed by atoms with Crippen LogP contribution in [0, 0.1) is 0 Å². The summed E-state index contributed by atoms with van der Waals surface area (Å²) in [4.78, 5) is 21.3. The Morgan fingerprint density at radius 2 is 1.83 bits per heavy atom. The van der Waals surface area contributed by atoms with Crippen molar-refractivity contribution in [2.75, 3.05) is 18.0 Å². The van der Waals surface area contributed by atoms with Crippen molar-refractivity contribution in [3.63, 3.8) is 0 Å². The van der Waals surface area contributed by atoms with Crippen molar-refractivity contribution in [1.29, 1.82) is 0 Å². The van der Waals surface area contributed by atoms with Crippen LogP contribution in [0.15, 0.2) is 11.0 Å². The molecule has 1 aliphatic heterocycles. The van der Waals surface area contributed by atoms with Crippen molar-refractivity contribution in [1.82, 2.24) is 20.2 Å². The lowest BCUT2D eigenvalue weighted by Gasteiger charge is -2.24.